The highest BCUT2D eigenvalue weighted by Crippen LogP contribution is 2.25. The number of carbonyl (C=O) groups is 2. The lowest BCUT2D eigenvalue weighted by atomic mass is 10.2. The Hall–Kier alpha value is -2.24. The second-order valence-electron chi connectivity index (χ2n) is 5.40. The highest BCUT2D eigenvalue weighted by Gasteiger charge is 2.06. The predicted octanol–water partition coefficient (Wildman–Crippen LogP) is 4.78. The molecular weight excluding hydrogens is 361 g/mol. The van der Waals surface area contributed by atoms with Gasteiger partial charge < -0.3 is 16.0 Å². The molecule has 0 unspecified atom stereocenters. The first kappa shape index (κ1) is 19.1. The summed E-state index contributed by atoms with van der Waals surface area (Å²) in [6.45, 7) is 2.01. The molecule has 0 aliphatic carbocycles. The molecule has 0 radical (unpaired) electrons. The molecule has 2 rings (SSSR count). The van der Waals surface area contributed by atoms with E-state index >= 15 is 0 Å². The van der Waals surface area contributed by atoms with E-state index in [1.165, 1.54) is 0 Å². The summed E-state index contributed by atoms with van der Waals surface area (Å²) in [5.41, 5.74) is 1.97. The van der Waals surface area contributed by atoms with Gasteiger partial charge in [0, 0.05) is 22.8 Å². The van der Waals surface area contributed by atoms with E-state index < -0.39 is 0 Å². The molecule has 0 heterocycles. The van der Waals surface area contributed by atoms with Crippen molar-refractivity contribution in [2.75, 3.05) is 22.5 Å². The molecule has 5 nitrogen and oxygen atoms in total. The second-order valence-corrected chi connectivity index (χ2v) is 6.25. The Morgan fingerprint density at radius 3 is 2.08 bits per heavy atom. The van der Waals surface area contributed by atoms with Gasteiger partial charge in [0.1, 0.15) is 0 Å². The van der Waals surface area contributed by atoms with Crippen LogP contribution in [0.5, 0.6) is 0 Å². The quantitative estimate of drug-likeness (QED) is 0.647. The predicted molar refractivity (Wildman–Crippen MR) is 104 cm³/mol. The molecule has 3 N–H and O–H groups in total. The Morgan fingerprint density at radius 2 is 1.52 bits per heavy atom. The topological polar surface area (TPSA) is 70.2 Å². The zero-order valence-corrected chi connectivity index (χ0v) is 15.2. The Morgan fingerprint density at radius 1 is 0.920 bits per heavy atom. The maximum Gasteiger partial charge on any atom is 0.243 e. The van der Waals surface area contributed by atoms with E-state index in [1.807, 2.05) is 6.92 Å². The summed E-state index contributed by atoms with van der Waals surface area (Å²) in [5, 5.41) is 9.49. The zero-order valence-electron chi connectivity index (χ0n) is 13.7. The molecule has 0 saturated carbocycles. The summed E-state index contributed by atoms with van der Waals surface area (Å²) >= 11 is 11.9. The van der Waals surface area contributed by atoms with E-state index in [1.54, 1.807) is 42.5 Å². The van der Waals surface area contributed by atoms with Crippen LogP contribution in [0.1, 0.15) is 19.8 Å². The number of nitrogens with one attached hydrogen (secondary N) is 3. The molecule has 0 spiro atoms. The second kappa shape index (κ2) is 9.30. The summed E-state index contributed by atoms with van der Waals surface area (Å²) in [7, 11) is 0. The minimum absolute atomic E-state index is 0.0247. The Balaban J connectivity index is 1.84. The number of amides is 2. The maximum atomic E-state index is 12.0. The number of benzene rings is 2. The summed E-state index contributed by atoms with van der Waals surface area (Å²) in [4.78, 5) is 23.5. The van der Waals surface area contributed by atoms with E-state index in [0.717, 1.165) is 6.42 Å². The highest BCUT2D eigenvalue weighted by atomic mass is 35.5. The maximum absolute atomic E-state index is 12.0. The lowest BCUT2D eigenvalue weighted by Gasteiger charge is -2.10. The fourth-order valence-corrected chi connectivity index (χ4v) is 2.58. The van der Waals surface area contributed by atoms with Crippen LogP contribution in [-0.4, -0.2) is 18.4 Å². The van der Waals surface area contributed by atoms with Gasteiger partial charge >= 0.3 is 0 Å². The highest BCUT2D eigenvalue weighted by molar-refractivity contribution is 6.36. The number of carbonyl (C=O) groups excluding carboxylic acids is 2. The van der Waals surface area contributed by atoms with Crippen molar-refractivity contribution in [3.05, 3.63) is 52.5 Å². The van der Waals surface area contributed by atoms with Crippen molar-refractivity contribution in [2.24, 2.45) is 0 Å². The van der Waals surface area contributed by atoms with Crippen LogP contribution in [0, 0.1) is 0 Å². The lowest BCUT2D eigenvalue weighted by molar-refractivity contribution is -0.116. The zero-order chi connectivity index (χ0) is 18.2. The van der Waals surface area contributed by atoms with Gasteiger partial charge in [-0.05, 0) is 48.9 Å². The van der Waals surface area contributed by atoms with Gasteiger partial charge in [-0.15, -0.1) is 0 Å². The number of hydrogen-bond donors (Lipinski definition) is 3. The van der Waals surface area contributed by atoms with Gasteiger partial charge in [-0.1, -0.05) is 30.1 Å². The smallest absolute Gasteiger partial charge is 0.243 e. The van der Waals surface area contributed by atoms with Crippen molar-refractivity contribution < 1.29 is 9.59 Å². The van der Waals surface area contributed by atoms with Crippen molar-refractivity contribution in [2.45, 2.75) is 19.8 Å². The van der Waals surface area contributed by atoms with E-state index in [4.69, 9.17) is 23.2 Å². The molecule has 0 bridgehead atoms. The first-order valence-corrected chi connectivity index (χ1v) is 8.62. The number of rotatable bonds is 7. The van der Waals surface area contributed by atoms with Crippen molar-refractivity contribution in [3.8, 4) is 0 Å². The van der Waals surface area contributed by atoms with E-state index in [9.17, 15) is 9.59 Å². The standard InChI is InChI=1S/C18H19Cl2N3O2/c1-2-3-17(24)22-13-5-7-14(8-6-13)23-18(25)11-21-16-9-4-12(19)10-15(16)20/h4-10,21H,2-3,11H2,1H3,(H,22,24)(H,23,25). The molecule has 132 valence electrons. The van der Waals surface area contributed by atoms with Crippen molar-refractivity contribution in [1.82, 2.24) is 0 Å². The lowest BCUT2D eigenvalue weighted by Crippen LogP contribution is -2.21. The van der Waals surface area contributed by atoms with Gasteiger partial charge in [-0.3, -0.25) is 9.59 Å². The first-order valence-electron chi connectivity index (χ1n) is 7.86. The molecule has 2 aromatic carbocycles. The summed E-state index contributed by atoms with van der Waals surface area (Å²) in [6.07, 6.45) is 1.28. The molecule has 2 aromatic rings. The minimum atomic E-state index is -0.214. The average molecular weight is 380 g/mol. The van der Waals surface area contributed by atoms with Crippen LogP contribution in [0.15, 0.2) is 42.5 Å². The summed E-state index contributed by atoms with van der Waals surface area (Å²) in [5.74, 6) is -0.239. The summed E-state index contributed by atoms with van der Waals surface area (Å²) < 4.78 is 0. The van der Waals surface area contributed by atoms with Crippen LogP contribution in [0.4, 0.5) is 17.1 Å². The van der Waals surface area contributed by atoms with Crippen molar-refractivity contribution >= 4 is 52.1 Å². The third-order valence-electron chi connectivity index (χ3n) is 3.30. The molecule has 2 amide bonds. The molecule has 0 aliphatic rings. The van der Waals surface area contributed by atoms with Crippen LogP contribution >= 0.6 is 23.2 Å². The number of halogens is 2. The fourth-order valence-electron chi connectivity index (χ4n) is 2.10. The molecule has 0 fully saturated rings. The van der Waals surface area contributed by atoms with Crippen LogP contribution in [0.3, 0.4) is 0 Å². The van der Waals surface area contributed by atoms with Crippen LogP contribution in [0.25, 0.3) is 0 Å². The van der Waals surface area contributed by atoms with Gasteiger partial charge in [0.15, 0.2) is 0 Å². The van der Waals surface area contributed by atoms with E-state index in [2.05, 4.69) is 16.0 Å². The summed E-state index contributed by atoms with van der Waals surface area (Å²) in [6, 6.07) is 12.0. The van der Waals surface area contributed by atoms with Gasteiger partial charge in [-0.2, -0.15) is 0 Å². The van der Waals surface area contributed by atoms with Gasteiger partial charge in [0.25, 0.3) is 0 Å². The van der Waals surface area contributed by atoms with Crippen LogP contribution in [0.2, 0.25) is 10.0 Å². The molecule has 25 heavy (non-hydrogen) atoms. The Bertz CT molecular complexity index is 748. The minimum Gasteiger partial charge on any atom is -0.375 e. The third-order valence-corrected chi connectivity index (χ3v) is 3.85. The Labute approximate surface area is 156 Å². The van der Waals surface area contributed by atoms with E-state index in [-0.39, 0.29) is 18.4 Å². The van der Waals surface area contributed by atoms with Gasteiger partial charge in [0.2, 0.25) is 11.8 Å². The van der Waals surface area contributed by atoms with E-state index in [0.29, 0.717) is 33.5 Å². The largest absolute Gasteiger partial charge is 0.375 e. The molecule has 0 saturated heterocycles. The number of anilines is 3. The molecular formula is C18H19Cl2N3O2. The average Bonchev–Trinajstić information content (AvgIpc) is 2.56. The Kier molecular flexibility index (Phi) is 7.10. The van der Waals surface area contributed by atoms with Crippen LogP contribution in [-0.2, 0) is 9.59 Å². The first-order chi connectivity index (χ1) is 12.0. The monoisotopic (exact) mass is 379 g/mol. The number of hydrogen-bond acceptors (Lipinski definition) is 3. The molecule has 0 aromatic heterocycles. The fraction of sp³-hybridized carbons (Fsp3) is 0.222. The van der Waals surface area contributed by atoms with Gasteiger partial charge in [0.05, 0.1) is 17.3 Å². The third kappa shape index (κ3) is 6.29. The SMILES string of the molecule is CCCC(=O)Nc1ccc(NC(=O)CNc2ccc(Cl)cc2Cl)cc1. The molecule has 0 atom stereocenters. The van der Waals surface area contributed by atoms with Crippen LogP contribution < -0.4 is 16.0 Å². The van der Waals surface area contributed by atoms with Crippen molar-refractivity contribution in [3.63, 3.8) is 0 Å². The molecule has 7 heteroatoms. The molecule has 0 aliphatic heterocycles. The van der Waals surface area contributed by atoms with Crippen molar-refractivity contribution in [1.29, 1.82) is 0 Å². The normalized spacial score (nSPS) is 10.2. The van der Waals surface area contributed by atoms with Gasteiger partial charge in [-0.25, -0.2) is 0 Å².